The second-order valence-electron chi connectivity index (χ2n) is 3.32. The number of nitrogens with zero attached hydrogens (tertiary/aromatic N) is 1. The Morgan fingerprint density at radius 3 is 2.94 bits per heavy atom. The number of aromatic amines is 1. The number of para-hydroxylation sites is 1. The lowest BCUT2D eigenvalue weighted by atomic mass is 10.3. The number of anilines is 1. The van der Waals surface area contributed by atoms with Crippen molar-refractivity contribution in [3.63, 3.8) is 0 Å². The molecule has 17 heavy (non-hydrogen) atoms. The third kappa shape index (κ3) is 3.04. The summed E-state index contributed by atoms with van der Waals surface area (Å²) in [5, 5.41) is 4.96. The highest BCUT2D eigenvalue weighted by Gasteiger charge is 2.05. The summed E-state index contributed by atoms with van der Waals surface area (Å²) in [4.78, 5) is 18.2. The van der Waals surface area contributed by atoms with Crippen molar-refractivity contribution in [3.8, 4) is 0 Å². The van der Waals surface area contributed by atoms with Crippen LogP contribution in [0.4, 0.5) is 14.9 Å². The number of carbonyl (C=O) groups is 1. The van der Waals surface area contributed by atoms with Crippen LogP contribution in [0.15, 0.2) is 36.7 Å². The van der Waals surface area contributed by atoms with Gasteiger partial charge in [0.05, 0.1) is 12.2 Å². The summed E-state index contributed by atoms with van der Waals surface area (Å²) in [6.45, 7) is 0.257. The van der Waals surface area contributed by atoms with E-state index in [2.05, 4.69) is 20.6 Å². The van der Waals surface area contributed by atoms with Gasteiger partial charge in [0.25, 0.3) is 0 Å². The Balaban J connectivity index is 1.87. The lowest BCUT2D eigenvalue weighted by Gasteiger charge is -2.06. The monoisotopic (exact) mass is 234 g/mol. The van der Waals surface area contributed by atoms with Gasteiger partial charge < -0.3 is 15.6 Å². The van der Waals surface area contributed by atoms with Gasteiger partial charge >= 0.3 is 6.03 Å². The predicted molar refractivity (Wildman–Crippen MR) is 60.8 cm³/mol. The fourth-order valence-electron chi connectivity index (χ4n) is 1.29. The van der Waals surface area contributed by atoms with E-state index < -0.39 is 11.8 Å². The minimum atomic E-state index is -0.480. The molecule has 0 aliphatic carbocycles. The number of aromatic nitrogens is 2. The Hall–Kier alpha value is -2.37. The van der Waals surface area contributed by atoms with Crippen LogP contribution in [-0.2, 0) is 6.54 Å². The van der Waals surface area contributed by atoms with E-state index in [0.717, 1.165) is 0 Å². The van der Waals surface area contributed by atoms with Gasteiger partial charge in [-0.05, 0) is 12.1 Å². The van der Waals surface area contributed by atoms with Crippen molar-refractivity contribution >= 4 is 11.7 Å². The summed E-state index contributed by atoms with van der Waals surface area (Å²) in [6.07, 6.45) is 3.25. The number of hydrogen-bond donors (Lipinski definition) is 3. The summed E-state index contributed by atoms with van der Waals surface area (Å²) in [5.41, 5.74) is 0.143. The molecule has 0 aliphatic heterocycles. The fourth-order valence-corrected chi connectivity index (χ4v) is 1.29. The maximum absolute atomic E-state index is 13.2. The Morgan fingerprint density at radius 2 is 2.24 bits per heavy atom. The molecule has 0 atom stereocenters. The summed E-state index contributed by atoms with van der Waals surface area (Å²) >= 11 is 0. The Kier molecular flexibility index (Phi) is 3.34. The van der Waals surface area contributed by atoms with Gasteiger partial charge in [0.2, 0.25) is 0 Å². The van der Waals surface area contributed by atoms with E-state index in [9.17, 15) is 9.18 Å². The van der Waals surface area contributed by atoms with Crippen LogP contribution < -0.4 is 10.6 Å². The molecule has 0 spiro atoms. The summed E-state index contributed by atoms with van der Waals surface area (Å²) in [6, 6.07) is 5.49. The molecular weight excluding hydrogens is 223 g/mol. The number of amides is 2. The third-order valence-corrected chi connectivity index (χ3v) is 2.09. The maximum atomic E-state index is 13.2. The lowest BCUT2D eigenvalue weighted by Crippen LogP contribution is -2.28. The molecule has 2 amide bonds. The molecule has 5 nitrogen and oxygen atoms in total. The minimum absolute atomic E-state index is 0.143. The molecule has 0 radical (unpaired) electrons. The zero-order chi connectivity index (χ0) is 12.1. The van der Waals surface area contributed by atoms with Crippen LogP contribution in [0, 0.1) is 5.82 Å². The van der Waals surface area contributed by atoms with Crippen LogP contribution >= 0.6 is 0 Å². The number of urea groups is 1. The second kappa shape index (κ2) is 5.11. The van der Waals surface area contributed by atoms with Crippen molar-refractivity contribution in [2.45, 2.75) is 6.54 Å². The summed E-state index contributed by atoms with van der Waals surface area (Å²) < 4.78 is 13.2. The molecule has 0 saturated carbocycles. The first kappa shape index (κ1) is 11.1. The molecule has 0 unspecified atom stereocenters. The van der Waals surface area contributed by atoms with Crippen molar-refractivity contribution in [1.82, 2.24) is 15.3 Å². The van der Waals surface area contributed by atoms with Gasteiger partial charge in [-0.1, -0.05) is 12.1 Å². The van der Waals surface area contributed by atoms with Crippen LogP contribution in [-0.4, -0.2) is 16.0 Å². The number of H-pyrrole nitrogens is 1. The standard InChI is InChI=1S/C11H11FN4O/c12-8-3-1-2-4-9(8)16-11(17)15-7-10-13-5-6-14-10/h1-6H,7H2,(H,13,14)(H2,15,16,17). The van der Waals surface area contributed by atoms with Gasteiger partial charge in [-0.25, -0.2) is 14.2 Å². The number of hydrogen-bond acceptors (Lipinski definition) is 2. The largest absolute Gasteiger partial charge is 0.347 e. The van der Waals surface area contributed by atoms with E-state index in [-0.39, 0.29) is 12.2 Å². The molecule has 0 aliphatic rings. The number of benzene rings is 1. The van der Waals surface area contributed by atoms with E-state index in [0.29, 0.717) is 5.82 Å². The SMILES string of the molecule is O=C(NCc1ncc[nH]1)Nc1ccccc1F. The van der Waals surface area contributed by atoms with Crippen molar-refractivity contribution in [2.24, 2.45) is 0 Å². The average Bonchev–Trinajstić information content (AvgIpc) is 2.82. The first-order valence-corrected chi connectivity index (χ1v) is 5.03. The smallest absolute Gasteiger partial charge is 0.319 e. The molecule has 3 N–H and O–H groups in total. The molecule has 1 heterocycles. The number of carbonyl (C=O) groups excluding carboxylic acids is 1. The van der Waals surface area contributed by atoms with Crippen molar-refractivity contribution in [2.75, 3.05) is 5.32 Å². The molecule has 2 rings (SSSR count). The molecule has 1 aromatic heterocycles. The van der Waals surface area contributed by atoms with Crippen LogP contribution in [0.3, 0.4) is 0 Å². The van der Waals surface area contributed by atoms with Crippen molar-refractivity contribution < 1.29 is 9.18 Å². The Bertz CT molecular complexity index is 498. The number of imidazole rings is 1. The van der Waals surface area contributed by atoms with Crippen LogP contribution in [0.5, 0.6) is 0 Å². The van der Waals surface area contributed by atoms with E-state index in [1.807, 2.05) is 0 Å². The molecule has 0 saturated heterocycles. The van der Waals surface area contributed by atoms with Gasteiger partial charge in [0.1, 0.15) is 11.6 Å². The quantitative estimate of drug-likeness (QED) is 0.758. The highest BCUT2D eigenvalue weighted by atomic mass is 19.1. The topological polar surface area (TPSA) is 69.8 Å². The van der Waals surface area contributed by atoms with Gasteiger partial charge in [-0.2, -0.15) is 0 Å². The average molecular weight is 234 g/mol. The van der Waals surface area contributed by atoms with Crippen molar-refractivity contribution in [3.05, 3.63) is 48.3 Å². The Morgan fingerprint density at radius 1 is 1.41 bits per heavy atom. The highest BCUT2D eigenvalue weighted by molar-refractivity contribution is 5.89. The minimum Gasteiger partial charge on any atom is -0.347 e. The molecule has 2 aromatic rings. The Labute approximate surface area is 97.1 Å². The maximum Gasteiger partial charge on any atom is 0.319 e. The zero-order valence-electron chi connectivity index (χ0n) is 8.90. The summed E-state index contributed by atoms with van der Waals surface area (Å²) in [7, 11) is 0. The summed E-state index contributed by atoms with van der Waals surface area (Å²) in [5.74, 6) is 0.161. The lowest BCUT2D eigenvalue weighted by molar-refractivity contribution is 0.251. The van der Waals surface area contributed by atoms with E-state index in [1.54, 1.807) is 24.5 Å². The molecule has 0 bridgehead atoms. The fraction of sp³-hybridized carbons (Fsp3) is 0.0909. The van der Waals surface area contributed by atoms with Crippen LogP contribution in [0.25, 0.3) is 0 Å². The zero-order valence-corrected chi connectivity index (χ0v) is 8.90. The molecular formula is C11H11FN4O. The molecule has 88 valence electrons. The van der Waals surface area contributed by atoms with Crippen LogP contribution in [0.2, 0.25) is 0 Å². The number of nitrogens with one attached hydrogen (secondary N) is 3. The van der Waals surface area contributed by atoms with Gasteiger partial charge in [0.15, 0.2) is 0 Å². The van der Waals surface area contributed by atoms with Gasteiger partial charge in [0, 0.05) is 12.4 Å². The van der Waals surface area contributed by atoms with Gasteiger partial charge in [-0.3, -0.25) is 0 Å². The van der Waals surface area contributed by atoms with E-state index in [4.69, 9.17) is 0 Å². The third-order valence-electron chi connectivity index (χ3n) is 2.09. The van der Waals surface area contributed by atoms with E-state index >= 15 is 0 Å². The first-order chi connectivity index (χ1) is 8.25. The van der Waals surface area contributed by atoms with Crippen molar-refractivity contribution in [1.29, 1.82) is 0 Å². The number of halogens is 1. The highest BCUT2D eigenvalue weighted by Crippen LogP contribution is 2.11. The molecule has 1 aromatic carbocycles. The number of rotatable bonds is 3. The van der Waals surface area contributed by atoms with E-state index in [1.165, 1.54) is 12.1 Å². The van der Waals surface area contributed by atoms with Crippen LogP contribution in [0.1, 0.15) is 5.82 Å². The van der Waals surface area contributed by atoms with Gasteiger partial charge in [-0.15, -0.1) is 0 Å². The normalized spacial score (nSPS) is 9.94. The molecule has 0 fully saturated rings. The first-order valence-electron chi connectivity index (χ1n) is 5.03. The predicted octanol–water partition coefficient (Wildman–Crippen LogP) is 1.87. The molecule has 6 heteroatoms. The second-order valence-corrected chi connectivity index (χ2v) is 3.32.